The molecule has 144 valence electrons. The van der Waals surface area contributed by atoms with Crippen LogP contribution in [0, 0.1) is 0 Å². The molecule has 2 heterocycles. The summed E-state index contributed by atoms with van der Waals surface area (Å²) in [6, 6.07) is 8.78. The molecule has 0 aliphatic carbocycles. The van der Waals surface area contributed by atoms with E-state index in [1.165, 1.54) is 0 Å². The first-order valence-electron chi connectivity index (χ1n) is 9.05. The summed E-state index contributed by atoms with van der Waals surface area (Å²) in [6.45, 7) is 3.37. The number of anilines is 1. The molecule has 0 atom stereocenters. The first-order valence-corrected chi connectivity index (χ1v) is 9.05. The van der Waals surface area contributed by atoms with Crippen LogP contribution >= 0.6 is 0 Å². The fourth-order valence-electron chi connectivity index (χ4n) is 3.18. The van der Waals surface area contributed by atoms with Gasteiger partial charge in [-0.3, -0.25) is 9.48 Å². The van der Waals surface area contributed by atoms with E-state index in [2.05, 4.69) is 15.7 Å². The van der Waals surface area contributed by atoms with E-state index in [0.29, 0.717) is 30.9 Å². The molecule has 1 aromatic heterocycles. The highest BCUT2D eigenvalue weighted by Gasteiger charge is 2.42. The monoisotopic (exact) mass is 372 g/mol. The predicted molar refractivity (Wildman–Crippen MR) is 99.5 cm³/mol. The number of ether oxygens (including phenoxy) is 2. The van der Waals surface area contributed by atoms with Crippen LogP contribution in [-0.2, 0) is 19.9 Å². The molecule has 0 spiro atoms. The Balaban J connectivity index is 1.71. The molecule has 0 radical (unpaired) electrons. The molecule has 8 heteroatoms. The second-order valence-corrected chi connectivity index (χ2v) is 6.31. The van der Waals surface area contributed by atoms with E-state index in [1.54, 1.807) is 42.1 Å². The summed E-state index contributed by atoms with van der Waals surface area (Å²) in [7, 11) is 0. The van der Waals surface area contributed by atoms with Gasteiger partial charge in [-0.15, -0.1) is 0 Å². The number of amides is 1. The smallest absolute Gasteiger partial charge is 0.344 e. The lowest BCUT2D eigenvalue weighted by atomic mass is 9.87. The minimum Gasteiger partial charge on any atom is -0.482 e. The Morgan fingerprint density at radius 2 is 2.11 bits per heavy atom. The lowest BCUT2D eigenvalue weighted by Crippen LogP contribution is -2.52. The molecule has 1 aromatic carbocycles. The number of aromatic nitrogens is 2. The minimum atomic E-state index is -0.726. The maximum absolute atomic E-state index is 13.1. The summed E-state index contributed by atoms with van der Waals surface area (Å²) in [5.74, 6) is -0.0613. The number of nitrogens with one attached hydrogen (secondary N) is 2. The van der Waals surface area contributed by atoms with Crippen molar-refractivity contribution in [1.29, 1.82) is 0 Å². The van der Waals surface area contributed by atoms with Crippen molar-refractivity contribution in [3.8, 4) is 5.75 Å². The Morgan fingerprint density at radius 1 is 1.30 bits per heavy atom. The summed E-state index contributed by atoms with van der Waals surface area (Å²) in [4.78, 5) is 24.6. The molecule has 3 rings (SSSR count). The number of nitrogens with zero attached hydrogens (tertiary/aromatic N) is 2. The largest absolute Gasteiger partial charge is 0.482 e. The van der Waals surface area contributed by atoms with Gasteiger partial charge in [0.15, 0.2) is 6.61 Å². The van der Waals surface area contributed by atoms with Gasteiger partial charge >= 0.3 is 5.97 Å². The Morgan fingerprint density at radius 3 is 2.81 bits per heavy atom. The van der Waals surface area contributed by atoms with E-state index in [9.17, 15) is 9.59 Å². The van der Waals surface area contributed by atoms with Gasteiger partial charge in [-0.1, -0.05) is 6.07 Å². The van der Waals surface area contributed by atoms with Crippen molar-refractivity contribution in [2.24, 2.45) is 0 Å². The third-order valence-corrected chi connectivity index (χ3v) is 4.55. The Bertz CT molecular complexity index is 770. The van der Waals surface area contributed by atoms with Gasteiger partial charge in [0.05, 0.1) is 6.61 Å². The van der Waals surface area contributed by atoms with Crippen LogP contribution in [-0.4, -0.2) is 48.0 Å². The highest BCUT2D eigenvalue weighted by Crippen LogP contribution is 2.29. The van der Waals surface area contributed by atoms with Crippen molar-refractivity contribution < 1.29 is 19.1 Å². The van der Waals surface area contributed by atoms with E-state index >= 15 is 0 Å². The van der Waals surface area contributed by atoms with Crippen molar-refractivity contribution in [1.82, 2.24) is 15.1 Å². The molecule has 27 heavy (non-hydrogen) atoms. The molecule has 0 saturated carbocycles. The lowest BCUT2D eigenvalue weighted by Gasteiger charge is -2.36. The molecule has 0 bridgehead atoms. The maximum atomic E-state index is 13.1. The van der Waals surface area contributed by atoms with Gasteiger partial charge in [-0.25, -0.2) is 4.79 Å². The SMILES string of the molecule is CCOC(=O)COc1cccc(NC(=O)C2(n3cccn3)CCNCC2)c1. The van der Waals surface area contributed by atoms with Crippen LogP contribution in [0.2, 0.25) is 0 Å². The van der Waals surface area contributed by atoms with Gasteiger partial charge in [0, 0.05) is 24.1 Å². The van der Waals surface area contributed by atoms with Crippen LogP contribution in [0.15, 0.2) is 42.7 Å². The number of carbonyl (C=O) groups excluding carboxylic acids is 2. The van der Waals surface area contributed by atoms with E-state index in [1.807, 2.05) is 12.3 Å². The number of hydrogen-bond acceptors (Lipinski definition) is 6. The van der Waals surface area contributed by atoms with Gasteiger partial charge < -0.3 is 20.1 Å². The molecule has 8 nitrogen and oxygen atoms in total. The Kier molecular flexibility index (Phi) is 6.08. The maximum Gasteiger partial charge on any atom is 0.344 e. The molecule has 2 N–H and O–H groups in total. The zero-order valence-corrected chi connectivity index (χ0v) is 15.3. The summed E-state index contributed by atoms with van der Waals surface area (Å²) in [5.41, 5.74) is -0.122. The predicted octanol–water partition coefficient (Wildman–Crippen LogP) is 1.54. The Labute approximate surface area is 157 Å². The van der Waals surface area contributed by atoms with Crippen LogP contribution in [0.4, 0.5) is 5.69 Å². The van der Waals surface area contributed by atoms with Gasteiger partial charge in [0.2, 0.25) is 0 Å². The number of esters is 1. The molecular formula is C19H24N4O4. The zero-order chi connectivity index (χ0) is 19.1. The van der Waals surface area contributed by atoms with Gasteiger partial charge in [-0.05, 0) is 51.1 Å². The summed E-state index contributed by atoms with van der Waals surface area (Å²) < 4.78 is 12.0. The van der Waals surface area contributed by atoms with Crippen LogP contribution in [0.25, 0.3) is 0 Å². The van der Waals surface area contributed by atoms with E-state index in [4.69, 9.17) is 9.47 Å². The molecular weight excluding hydrogens is 348 g/mol. The van der Waals surface area contributed by atoms with Gasteiger partial charge in [0.25, 0.3) is 5.91 Å². The van der Waals surface area contributed by atoms with Crippen molar-refractivity contribution in [2.45, 2.75) is 25.3 Å². The standard InChI is InChI=1S/C19H24N4O4/c1-2-26-17(24)14-27-16-6-3-5-15(13-16)22-18(25)19(7-10-20-11-8-19)23-12-4-9-21-23/h3-6,9,12-13,20H,2,7-8,10-11,14H2,1H3,(H,22,25). The molecule has 1 fully saturated rings. The third kappa shape index (κ3) is 4.46. The lowest BCUT2D eigenvalue weighted by molar-refractivity contribution is -0.145. The van der Waals surface area contributed by atoms with E-state index < -0.39 is 11.5 Å². The third-order valence-electron chi connectivity index (χ3n) is 4.55. The second kappa shape index (κ2) is 8.68. The normalized spacial score (nSPS) is 15.7. The van der Waals surface area contributed by atoms with E-state index in [0.717, 1.165) is 13.1 Å². The molecule has 1 aliphatic rings. The molecule has 1 amide bonds. The van der Waals surface area contributed by atoms with E-state index in [-0.39, 0.29) is 12.5 Å². The number of carbonyl (C=O) groups is 2. The molecule has 0 unspecified atom stereocenters. The zero-order valence-electron chi connectivity index (χ0n) is 15.3. The fraction of sp³-hybridized carbons (Fsp3) is 0.421. The molecule has 1 saturated heterocycles. The van der Waals surface area contributed by atoms with Gasteiger partial charge in [-0.2, -0.15) is 5.10 Å². The second-order valence-electron chi connectivity index (χ2n) is 6.31. The minimum absolute atomic E-state index is 0.116. The van der Waals surface area contributed by atoms with Crippen LogP contribution < -0.4 is 15.4 Å². The first kappa shape index (κ1) is 18.9. The number of piperidine rings is 1. The topological polar surface area (TPSA) is 94.5 Å². The molecule has 1 aliphatic heterocycles. The summed E-state index contributed by atoms with van der Waals surface area (Å²) in [5, 5.41) is 10.6. The highest BCUT2D eigenvalue weighted by atomic mass is 16.6. The number of rotatable bonds is 7. The van der Waals surface area contributed by atoms with Crippen LogP contribution in [0.3, 0.4) is 0 Å². The summed E-state index contributed by atoms with van der Waals surface area (Å²) >= 11 is 0. The van der Waals surface area contributed by atoms with Crippen LogP contribution in [0.5, 0.6) is 5.75 Å². The van der Waals surface area contributed by atoms with Crippen molar-refractivity contribution >= 4 is 17.6 Å². The summed E-state index contributed by atoms with van der Waals surface area (Å²) in [6.07, 6.45) is 4.81. The number of benzene rings is 1. The average Bonchev–Trinajstić information content (AvgIpc) is 3.23. The highest BCUT2D eigenvalue weighted by molar-refractivity contribution is 5.96. The molecule has 2 aromatic rings. The average molecular weight is 372 g/mol. The fourth-order valence-corrected chi connectivity index (χ4v) is 3.18. The first-order chi connectivity index (χ1) is 13.1. The number of hydrogen-bond donors (Lipinski definition) is 2. The van der Waals surface area contributed by atoms with Crippen molar-refractivity contribution in [3.63, 3.8) is 0 Å². The van der Waals surface area contributed by atoms with Gasteiger partial charge in [0.1, 0.15) is 11.3 Å². The van der Waals surface area contributed by atoms with Crippen molar-refractivity contribution in [2.75, 3.05) is 31.6 Å². The van der Waals surface area contributed by atoms with Crippen LogP contribution in [0.1, 0.15) is 19.8 Å². The Hall–Kier alpha value is -2.87. The van der Waals surface area contributed by atoms with Crippen molar-refractivity contribution in [3.05, 3.63) is 42.7 Å². The quantitative estimate of drug-likeness (QED) is 0.716.